The molecule has 1 heterocycles. The van der Waals surface area contributed by atoms with Gasteiger partial charge in [-0.15, -0.1) is 0 Å². The predicted molar refractivity (Wildman–Crippen MR) is 74.3 cm³/mol. The van der Waals surface area contributed by atoms with Crippen molar-refractivity contribution in [3.63, 3.8) is 0 Å². The molecule has 0 bridgehead atoms. The summed E-state index contributed by atoms with van der Waals surface area (Å²) in [5, 5.41) is 12.3. The predicted octanol–water partition coefficient (Wildman–Crippen LogP) is 1.48. The molecule has 20 heavy (non-hydrogen) atoms. The van der Waals surface area contributed by atoms with Gasteiger partial charge in [0.15, 0.2) is 0 Å². The van der Waals surface area contributed by atoms with Crippen LogP contribution in [-0.4, -0.2) is 13.6 Å². The smallest absolute Gasteiger partial charge is 0.238 e. The molecule has 1 unspecified atom stereocenters. The van der Waals surface area contributed by atoms with Gasteiger partial charge in [-0.25, -0.2) is 13.6 Å². The standard InChI is InChI=1S/C13H17N3O3S/c1-9-6-12(16-19-9)8-15-10(2)11-4-3-5-13(7-11)20(14,17)18/h3-7,10,15H,8H2,1-2H3,(H2,14,17,18). The monoisotopic (exact) mass is 295 g/mol. The van der Waals surface area contributed by atoms with E-state index in [1.165, 1.54) is 6.07 Å². The van der Waals surface area contributed by atoms with Crippen molar-refractivity contribution in [2.24, 2.45) is 5.14 Å². The normalized spacial score (nSPS) is 13.3. The van der Waals surface area contributed by atoms with Crippen molar-refractivity contribution in [3.8, 4) is 0 Å². The zero-order valence-corrected chi connectivity index (χ0v) is 12.1. The molecule has 0 spiro atoms. The van der Waals surface area contributed by atoms with Crippen molar-refractivity contribution in [2.45, 2.75) is 31.3 Å². The summed E-state index contributed by atoms with van der Waals surface area (Å²) < 4.78 is 27.6. The van der Waals surface area contributed by atoms with Crippen LogP contribution in [0.25, 0.3) is 0 Å². The van der Waals surface area contributed by atoms with E-state index in [1.54, 1.807) is 12.1 Å². The van der Waals surface area contributed by atoms with Crippen molar-refractivity contribution in [1.29, 1.82) is 0 Å². The van der Waals surface area contributed by atoms with E-state index in [0.717, 1.165) is 17.0 Å². The Bertz CT molecular complexity index is 694. The number of benzene rings is 1. The van der Waals surface area contributed by atoms with Gasteiger partial charge in [0.25, 0.3) is 0 Å². The Balaban J connectivity index is 2.07. The molecule has 6 nitrogen and oxygen atoms in total. The highest BCUT2D eigenvalue weighted by Gasteiger charge is 2.11. The number of hydrogen-bond donors (Lipinski definition) is 2. The fourth-order valence-electron chi connectivity index (χ4n) is 1.84. The molecule has 1 aromatic heterocycles. The van der Waals surface area contributed by atoms with Crippen LogP contribution in [0.3, 0.4) is 0 Å². The summed E-state index contributed by atoms with van der Waals surface area (Å²) in [4.78, 5) is 0.112. The first-order valence-corrected chi connectivity index (χ1v) is 7.69. The highest BCUT2D eigenvalue weighted by molar-refractivity contribution is 7.89. The fraction of sp³-hybridized carbons (Fsp3) is 0.308. The summed E-state index contributed by atoms with van der Waals surface area (Å²) >= 11 is 0. The number of primary sulfonamides is 1. The summed E-state index contributed by atoms with van der Waals surface area (Å²) in [5.74, 6) is 0.755. The molecule has 7 heteroatoms. The van der Waals surface area contributed by atoms with Crippen LogP contribution in [0.5, 0.6) is 0 Å². The van der Waals surface area contributed by atoms with E-state index >= 15 is 0 Å². The van der Waals surface area contributed by atoms with Crippen LogP contribution in [0, 0.1) is 6.92 Å². The lowest BCUT2D eigenvalue weighted by Crippen LogP contribution is -2.19. The average molecular weight is 295 g/mol. The minimum atomic E-state index is -3.68. The molecule has 0 fully saturated rings. The topological polar surface area (TPSA) is 98.2 Å². The Morgan fingerprint density at radius 3 is 2.75 bits per heavy atom. The number of hydrogen-bond acceptors (Lipinski definition) is 5. The van der Waals surface area contributed by atoms with Crippen LogP contribution < -0.4 is 10.5 Å². The molecule has 0 radical (unpaired) electrons. The van der Waals surface area contributed by atoms with E-state index in [4.69, 9.17) is 9.66 Å². The Morgan fingerprint density at radius 1 is 1.40 bits per heavy atom. The second-order valence-corrected chi connectivity index (χ2v) is 6.21. The highest BCUT2D eigenvalue weighted by Crippen LogP contribution is 2.17. The molecule has 2 aromatic rings. The van der Waals surface area contributed by atoms with Gasteiger partial charge in [-0.3, -0.25) is 0 Å². The van der Waals surface area contributed by atoms with Crippen LogP contribution in [-0.2, 0) is 16.6 Å². The lowest BCUT2D eigenvalue weighted by Gasteiger charge is -2.14. The molecule has 0 aliphatic carbocycles. The zero-order chi connectivity index (χ0) is 14.8. The lowest BCUT2D eigenvalue weighted by atomic mass is 10.1. The molecule has 0 saturated carbocycles. The largest absolute Gasteiger partial charge is 0.361 e. The summed E-state index contributed by atoms with van der Waals surface area (Å²) in [6.45, 7) is 4.31. The lowest BCUT2D eigenvalue weighted by molar-refractivity contribution is 0.386. The van der Waals surface area contributed by atoms with Crippen molar-refractivity contribution in [1.82, 2.24) is 10.5 Å². The van der Waals surface area contributed by atoms with E-state index in [-0.39, 0.29) is 10.9 Å². The van der Waals surface area contributed by atoms with Gasteiger partial charge >= 0.3 is 0 Å². The second kappa shape index (κ2) is 5.74. The van der Waals surface area contributed by atoms with Gasteiger partial charge < -0.3 is 9.84 Å². The third kappa shape index (κ3) is 3.66. The van der Waals surface area contributed by atoms with Crippen LogP contribution in [0.15, 0.2) is 39.8 Å². The number of nitrogens with two attached hydrogens (primary N) is 1. The molecule has 0 aliphatic rings. The maximum Gasteiger partial charge on any atom is 0.238 e. The Hall–Kier alpha value is -1.70. The van der Waals surface area contributed by atoms with Gasteiger partial charge in [-0.05, 0) is 31.5 Å². The highest BCUT2D eigenvalue weighted by atomic mass is 32.2. The minimum absolute atomic E-state index is 0.0336. The Kier molecular flexibility index (Phi) is 4.22. The van der Waals surface area contributed by atoms with Crippen LogP contribution in [0.2, 0.25) is 0 Å². The van der Waals surface area contributed by atoms with E-state index in [2.05, 4.69) is 10.5 Å². The number of nitrogens with one attached hydrogen (secondary N) is 1. The molecule has 3 N–H and O–H groups in total. The molecule has 108 valence electrons. The third-order valence-corrected chi connectivity index (χ3v) is 3.86. The molecule has 1 atom stereocenters. The fourth-order valence-corrected chi connectivity index (χ4v) is 2.41. The number of aromatic nitrogens is 1. The molecular weight excluding hydrogens is 278 g/mol. The Morgan fingerprint density at radius 2 is 2.15 bits per heavy atom. The molecule has 2 rings (SSSR count). The van der Waals surface area contributed by atoms with Gasteiger partial charge in [0, 0.05) is 18.7 Å². The van der Waals surface area contributed by atoms with E-state index in [0.29, 0.717) is 6.54 Å². The third-order valence-electron chi connectivity index (χ3n) is 2.95. The van der Waals surface area contributed by atoms with Gasteiger partial charge in [0.1, 0.15) is 5.76 Å². The molecule has 1 aromatic carbocycles. The van der Waals surface area contributed by atoms with Gasteiger partial charge in [-0.2, -0.15) is 0 Å². The SMILES string of the molecule is Cc1cc(CNC(C)c2cccc(S(N)(=O)=O)c2)no1. The average Bonchev–Trinajstić information content (AvgIpc) is 2.81. The first-order chi connectivity index (χ1) is 9.36. The quantitative estimate of drug-likeness (QED) is 0.870. The first-order valence-electron chi connectivity index (χ1n) is 6.14. The van der Waals surface area contributed by atoms with Crippen molar-refractivity contribution >= 4 is 10.0 Å². The van der Waals surface area contributed by atoms with E-state index < -0.39 is 10.0 Å². The van der Waals surface area contributed by atoms with Crippen LogP contribution in [0.4, 0.5) is 0 Å². The van der Waals surface area contributed by atoms with E-state index in [1.807, 2.05) is 26.0 Å². The van der Waals surface area contributed by atoms with Gasteiger partial charge in [0.05, 0.1) is 10.6 Å². The van der Waals surface area contributed by atoms with Crippen LogP contribution >= 0.6 is 0 Å². The van der Waals surface area contributed by atoms with Crippen molar-refractivity contribution in [2.75, 3.05) is 0 Å². The van der Waals surface area contributed by atoms with Crippen molar-refractivity contribution in [3.05, 3.63) is 47.3 Å². The summed E-state index contributed by atoms with van der Waals surface area (Å²) in [6.07, 6.45) is 0. The molecule has 0 aliphatic heterocycles. The summed E-state index contributed by atoms with van der Waals surface area (Å²) in [7, 11) is -3.68. The van der Waals surface area contributed by atoms with Crippen molar-refractivity contribution < 1.29 is 12.9 Å². The number of aryl methyl sites for hydroxylation is 1. The maximum atomic E-state index is 11.3. The number of sulfonamides is 1. The van der Waals surface area contributed by atoms with E-state index in [9.17, 15) is 8.42 Å². The van der Waals surface area contributed by atoms with Gasteiger partial charge in [-0.1, -0.05) is 17.3 Å². The molecule has 0 amide bonds. The second-order valence-electron chi connectivity index (χ2n) is 4.65. The Labute approximate surface area is 118 Å². The number of nitrogens with zero attached hydrogens (tertiary/aromatic N) is 1. The van der Waals surface area contributed by atoms with Gasteiger partial charge in [0.2, 0.25) is 10.0 Å². The first kappa shape index (κ1) is 14.7. The maximum absolute atomic E-state index is 11.3. The summed E-state index contributed by atoms with van der Waals surface area (Å²) in [6, 6.07) is 8.39. The van der Waals surface area contributed by atoms with Crippen LogP contribution in [0.1, 0.15) is 30.0 Å². The molecule has 0 saturated heterocycles. The minimum Gasteiger partial charge on any atom is -0.361 e. The molecular formula is C13H17N3O3S. The summed E-state index contributed by atoms with van der Waals surface area (Å²) in [5.41, 5.74) is 1.65. The number of rotatable bonds is 5. The zero-order valence-electron chi connectivity index (χ0n) is 11.3.